The van der Waals surface area contributed by atoms with Crippen molar-refractivity contribution >= 4 is 16.5 Å². The molecule has 0 saturated carbocycles. The summed E-state index contributed by atoms with van der Waals surface area (Å²) in [6, 6.07) is 0. The first-order chi connectivity index (χ1) is 7.19. The van der Waals surface area contributed by atoms with Gasteiger partial charge >= 0.3 is 0 Å². The van der Waals surface area contributed by atoms with Crippen LogP contribution in [0, 0.1) is 0 Å². The highest BCUT2D eigenvalue weighted by molar-refractivity contribution is 7.15. The van der Waals surface area contributed by atoms with E-state index in [-0.39, 0.29) is 0 Å². The highest BCUT2D eigenvalue weighted by Crippen LogP contribution is 2.27. The Balaban J connectivity index is 2.72. The number of hydrogen-bond donors (Lipinski definition) is 1. The molecule has 1 heterocycles. The fourth-order valence-electron chi connectivity index (χ4n) is 1.46. The van der Waals surface area contributed by atoms with Crippen LogP contribution in [0.15, 0.2) is 6.20 Å². The van der Waals surface area contributed by atoms with Gasteiger partial charge in [0.2, 0.25) is 0 Å². The summed E-state index contributed by atoms with van der Waals surface area (Å²) in [7, 11) is 0. The minimum Gasteiger partial charge on any atom is -0.388 e. The van der Waals surface area contributed by atoms with Crippen LogP contribution >= 0.6 is 11.3 Å². The molecule has 1 aromatic heterocycles. The first kappa shape index (κ1) is 12.5. The molecule has 1 aromatic rings. The summed E-state index contributed by atoms with van der Waals surface area (Å²) in [6.07, 6.45) is 3.64. The molecule has 1 unspecified atom stereocenters. The van der Waals surface area contributed by atoms with Crippen molar-refractivity contribution in [3.05, 3.63) is 11.1 Å². The van der Waals surface area contributed by atoms with Crippen molar-refractivity contribution in [2.75, 3.05) is 18.0 Å². The normalized spacial score (nSPS) is 12.8. The molecule has 3 nitrogen and oxygen atoms in total. The van der Waals surface area contributed by atoms with Crippen LogP contribution in [0.2, 0.25) is 0 Å². The molecule has 0 aliphatic heterocycles. The van der Waals surface area contributed by atoms with Crippen LogP contribution in [0.4, 0.5) is 5.13 Å². The molecule has 1 rings (SSSR count). The van der Waals surface area contributed by atoms with Crippen LogP contribution < -0.4 is 4.90 Å². The second-order valence-electron chi connectivity index (χ2n) is 3.71. The second kappa shape index (κ2) is 6.08. The van der Waals surface area contributed by atoms with Crippen LogP contribution in [0.25, 0.3) is 0 Å². The standard InChI is InChI=1S/C11H20N2OS/c1-4-6-13(7-5-2)11-12-8-10(15-11)9(3)14/h8-9,14H,4-7H2,1-3H3. The van der Waals surface area contributed by atoms with E-state index < -0.39 is 6.10 Å². The number of aliphatic hydroxyl groups excluding tert-OH is 1. The van der Waals surface area contributed by atoms with E-state index in [0.717, 1.165) is 35.9 Å². The maximum absolute atomic E-state index is 9.43. The molecule has 86 valence electrons. The molecule has 0 bridgehead atoms. The summed E-state index contributed by atoms with van der Waals surface area (Å²) >= 11 is 1.59. The number of thiazole rings is 1. The zero-order valence-electron chi connectivity index (χ0n) is 9.73. The molecule has 0 amide bonds. The van der Waals surface area contributed by atoms with Crippen molar-refractivity contribution in [2.45, 2.75) is 39.7 Å². The van der Waals surface area contributed by atoms with E-state index in [1.54, 1.807) is 24.5 Å². The number of aromatic nitrogens is 1. The minimum absolute atomic E-state index is 0.402. The maximum Gasteiger partial charge on any atom is 0.185 e. The highest BCUT2D eigenvalue weighted by atomic mass is 32.1. The molecule has 0 aromatic carbocycles. The fourth-order valence-corrected chi connectivity index (χ4v) is 2.36. The molecule has 1 atom stereocenters. The first-order valence-corrected chi connectivity index (χ1v) is 6.39. The van der Waals surface area contributed by atoms with E-state index in [2.05, 4.69) is 23.7 Å². The molecule has 0 radical (unpaired) electrons. The molecule has 1 N–H and O–H groups in total. The molecule has 0 saturated heterocycles. The lowest BCUT2D eigenvalue weighted by Crippen LogP contribution is -2.24. The van der Waals surface area contributed by atoms with Gasteiger partial charge in [-0.25, -0.2) is 4.98 Å². The molecule has 0 fully saturated rings. The summed E-state index contributed by atoms with van der Waals surface area (Å²) in [4.78, 5) is 7.59. The second-order valence-corrected chi connectivity index (χ2v) is 4.75. The van der Waals surface area contributed by atoms with Crippen LogP contribution in [-0.2, 0) is 0 Å². The zero-order valence-corrected chi connectivity index (χ0v) is 10.5. The molecule has 15 heavy (non-hydrogen) atoms. The number of anilines is 1. The third-order valence-corrected chi connectivity index (χ3v) is 3.41. The fraction of sp³-hybridized carbons (Fsp3) is 0.727. The predicted molar refractivity (Wildman–Crippen MR) is 65.5 cm³/mol. The van der Waals surface area contributed by atoms with Gasteiger partial charge in [-0.3, -0.25) is 0 Å². The molecular weight excluding hydrogens is 208 g/mol. The summed E-state index contributed by atoms with van der Waals surface area (Å²) in [5.74, 6) is 0. The number of aliphatic hydroxyl groups is 1. The third-order valence-electron chi connectivity index (χ3n) is 2.18. The van der Waals surface area contributed by atoms with Crippen molar-refractivity contribution < 1.29 is 5.11 Å². The Hall–Kier alpha value is -0.610. The Morgan fingerprint density at radius 1 is 1.40 bits per heavy atom. The third kappa shape index (κ3) is 3.47. The monoisotopic (exact) mass is 228 g/mol. The average Bonchev–Trinajstić information content (AvgIpc) is 2.66. The van der Waals surface area contributed by atoms with E-state index in [0.29, 0.717) is 0 Å². The Bertz CT molecular complexity index is 280. The minimum atomic E-state index is -0.402. The lowest BCUT2D eigenvalue weighted by Gasteiger charge is -2.19. The van der Waals surface area contributed by atoms with Gasteiger partial charge in [-0.1, -0.05) is 25.2 Å². The van der Waals surface area contributed by atoms with Gasteiger partial charge in [0.05, 0.1) is 11.0 Å². The molecule has 0 aliphatic rings. The van der Waals surface area contributed by atoms with Crippen molar-refractivity contribution in [1.82, 2.24) is 4.98 Å². The zero-order chi connectivity index (χ0) is 11.3. The van der Waals surface area contributed by atoms with Gasteiger partial charge in [0.1, 0.15) is 0 Å². The summed E-state index contributed by atoms with van der Waals surface area (Å²) < 4.78 is 0. The number of nitrogens with zero attached hydrogens (tertiary/aromatic N) is 2. The van der Waals surface area contributed by atoms with Crippen molar-refractivity contribution in [3.63, 3.8) is 0 Å². The smallest absolute Gasteiger partial charge is 0.185 e. The van der Waals surface area contributed by atoms with Gasteiger partial charge in [0.15, 0.2) is 5.13 Å². The number of rotatable bonds is 6. The Labute approximate surface area is 95.8 Å². The predicted octanol–water partition coefficient (Wildman–Crippen LogP) is 2.82. The molecule has 0 aliphatic carbocycles. The summed E-state index contributed by atoms with van der Waals surface area (Å²) in [5, 5.41) is 10.5. The lowest BCUT2D eigenvalue weighted by atomic mass is 10.4. The first-order valence-electron chi connectivity index (χ1n) is 5.57. The summed E-state index contributed by atoms with van der Waals surface area (Å²) in [5.41, 5.74) is 0. The van der Waals surface area contributed by atoms with Crippen LogP contribution in [0.5, 0.6) is 0 Å². The largest absolute Gasteiger partial charge is 0.388 e. The summed E-state index contributed by atoms with van der Waals surface area (Å²) in [6.45, 7) is 8.21. The van der Waals surface area contributed by atoms with E-state index in [1.807, 2.05) is 0 Å². The van der Waals surface area contributed by atoms with Crippen LogP contribution in [0.1, 0.15) is 44.6 Å². The Morgan fingerprint density at radius 2 is 2.00 bits per heavy atom. The molecular formula is C11H20N2OS. The SMILES string of the molecule is CCCN(CCC)c1ncc(C(C)O)s1. The molecule has 0 spiro atoms. The van der Waals surface area contributed by atoms with E-state index in [4.69, 9.17) is 0 Å². The molecule has 4 heteroatoms. The Kier molecular flexibility index (Phi) is 5.05. The topological polar surface area (TPSA) is 36.4 Å². The van der Waals surface area contributed by atoms with Gasteiger partial charge in [-0.05, 0) is 19.8 Å². The lowest BCUT2D eigenvalue weighted by molar-refractivity contribution is 0.203. The number of hydrogen-bond acceptors (Lipinski definition) is 4. The average molecular weight is 228 g/mol. The van der Waals surface area contributed by atoms with E-state index in [9.17, 15) is 5.11 Å². The van der Waals surface area contributed by atoms with Crippen molar-refractivity contribution in [1.29, 1.82) is 0 Å². The quantitative estimate of drug-likeness (QED) is 0.813. The Morgan fingerprint density at radius 3 is 2.40 bits per heavy atom. The van der Waals surface area contributed by atoms with E-state index >= 15 is 0 Å². The van der Waals surface area contributed by atoms with Gasteiger partial charge in [0.25, 0.3) is 0 Å². The van der Waals surface area contributed by atoms with Gasteiger partial charge in [-0.15, -0.1) is 0 Å². The maximum atomic E-state index is 9.43. The van der Waals surface area contributed by atoms with Gasteiger partial charge in [0, 0.05) is 19.3 Å². The van der Waals surface area contributed by atoms with E-state index in [1.165, 1.54) is 0 Å². The van der Waals surface area contributed by atoms with Gasteiger partial charge in [-0.2, -0.15) is 0 Å². The highest BCUT2D eigenvalue weighted by Gasteiger charge is 2.11. The van der Waals surface area contributed by atoms with Crippen LogP contribution in [-0.4, -0.2) is 23.2 Å². The van der Waals surface area contributed by atoms with Crippen molar-refractivity contribution in [2.24, 2.45) is 0 Å². The van der Waals surface area contributed by atoms with Gasteiger partial charge < -0.3 is 10.0 Å². The van der Waals surface area contributed by atoms with Crippen molar-refractivity contribution in [3.8, 4) is 0 Å². The van der Waals surface area contributed by atoms with Crippen LogP contribution in [0.3, 0.4) is 0 Å².